The average molecular weight is 275 g/mol. The van der Waals surface area contributed by atoms with Gasteiger partial charge in [-0.15, -0.1) is 0 Å². The van der Waals surface area contributed by atoms with Crippen molar-refractivity contribution in [1.29, 1.82) is 0 Å². The molecule has 1 aromatic rings. The number of nitrogens with one attached hydrogen (secondary N) is 1. The first kappa shape index (κ1) is 12.4. The van der Waals surface area contributed by atoms with Crippen molar-refractivity contribution < 1.29 is 9.32 Å². The van der Waals surface area contributed by atoms with Gasteiger partial charge in [-0.1, -0.05) is 24.4 Å². The highest BCUT2D eigenvalue weighted by molar-refractivity contribution is 5.83. The molecule has 0 aromatic carbocycles. The highest BCUT2D eigenvalue weighted by atomic mass is 16.5. The summed E-state index contributed by atoms with van der Waals surface area (Å²) in [7, 11) is 0. The quantitative estimate of drug-likeness (QED) is 0.916. The Labute approximate surface area is 118 Å². The molecule has 3 fully saturated rings. The van der Waals surface area contributed by atoms with E-state index in [0.717, 1.165) is 25.1 Å². The van der Waals surface area contributed by atoms with Crippen LogP contribution >= 0.6 is 0 Å². The van der Waals surface area contributed by atoms with Crippen LogP contribution in [-0.4, -0.2) is 16.0 Å². The van der Waals surface area contributed by atoms with E-state index in [1.165, 1.54) is 32.1 Å². The largest absolute Gasteiger partial charge is 0.347 e. The molecule has 20 heavy (non-hydrogen) atoms. The minimum Gasteiger partial charge on any atom is -0.347 e. The Hall–Kier alpha value is -1.39. The molecular formula is C15H21N3O2. The molecule has 4 rings (SSSR count). The molecule has 0 saturated heterocycles. The number of hydrogen-bond acceptors (Lipinski definition) is 4. The van der Waals surface area contributed by atoms with Crippen LogP contribution in [0.4, 0.5) is 0 Å². The highest BCUT2D eigenvalue weighted by Crippen LogP contribution is 2.70. The predicted octanol–water partition coefficient (Wildman–Crippen LogP) is 2.53. The van der Waals surface area contributed by atoms with Crippen LogP contribution in [-0.2, 0) is 11.3 Å². The SMILES string of the molecule is O=C(NCc1nc(C2CCCCC2)no1)C1CC12CC2. The fourth-order valence-electron chi connectivity index (χ4n) is 3.58. The monoisotopic (exact) mass is 275 g/mol. The topological polar surface area (TPSA) is 68.0 Å². The zero-order valence-corrected chi connectivity index (χ0v) is 11.7. The molecule has 0 bridgehead atoms. The molecule has 1 heterocycles. The van der Waals surface area contributed by atoms with Crippen LogP contribution in [0.25, 0.3) is 0 Å². The first-order valence-electron chi connectivity index (χ1n) is 7.87. The van der Waals surface area contributed by atoms with Crippen molar-refractivity contribution in [2.24, 2.45) is 11.3 Å². The molecule has 3 aliphatic carbocycles. The molecule has 1 amide bonds. The fraction of sp³-hybridized carbons (Fsp3) is 0.800. The lowest BCUT2D eigenvalue weighted by atomic mass is 9.89. The Balaban J connectivity index is 1.30. The van der Waals surface area contributed by atoms with Crippen LogP contribution in [0.2, 0.25) is 0 Å². The third kappa shape index (κ3) is 2.23. The standard InChI is InChI=1S/C15H21N3O2/c19-14(11-8-15(11)6-7-15)16-9-12-17-13(18-20-12)10-4-2-1-3-5-10/h10-11H,1-9H2,(H,16,19). The molecule has 0 radical (unpaired) electrons. The van der Waals surface area contributed by atoms with Gasteiger partial charge in [0, 0.05) is 11.8 Å². The molecule has 108 valence electrons. The van der Waals surface area contributed by atoms with Gasteiger partial charge >= 0.3 is 0 Å². The third-order valence-corrected chi connectivity index (χ3v) is 5.27. The molecule has 0 aliphatic heterocycles. The average Bonchev–Trinajstić information content (AvgIpc) is 3.37. The minimum absolute atomic E-state index is 0.167. The van der Waals surface area contributed by atoms with Gasteiger partial charge in [0.15, 0.2) is 5.82 Å². The second kappa shape index (κ2) is 4.57. The molecule has 1 atom stereocenters. The molecule has 5 nitrogen and oxygen atoms in total. The van der Waals surface area contributed by atoms with Gasteiger partial charge < -0.3 is 9.84 Å². The van der Waals surface area contributed by atoms with Crippen molar-refractivity contribution in [2.75, 3.05) is 0 Å². The van der Waals surface area contributed by atoms with Crippen LogP contribution in [0.1, 0.15) is 69.0 Å². The number of amides is 1. The minimum atomic E-state index is 0.167. The van der Waals surface area contributed by atoms with Crippen molar-refractivity contribution in [3.05, 3.63) is 11.7 Å². The summed E-state index contributed by atoms with van der Waals surface area (Å²) in [6.45, 7) is 0.380. The number of carbonyl (C=O) groups is 1. The summed E-state index contributed by atoms with van der Waals surface area (Å²) < 4.78 is 5.26. The van der Waals surface area contributed by atoms with Gasteiger partial charge in [0.25, 0.3) is 0 Å². The summed E-state index contributed by atoms with van der Waals surface area (Å²) in [5.41, 5.74) is 0.409. The van der Waals surface area contributed by atoms with Gasteiger partial charge in [-0.05, 0) is 37.5 Å². The highest BCUT2D eigenvalue weighted by Gasteiger charge is 2.65. The van der Waals surface area contributed by atoms with Gasteiger partial charge in [-0.3, -0.25) is 4.79 Å². The maximum atomic E-state index is 11.9. The van der Waals surface area contributed by atoms with Crippen molar-refractivity contribution in [3.8, 4) is 0 Å². The number of nitrogens with zero attached hydrogens (tertiary/aromatic N) is 2. The molecule has 1 unspecified atom stereocenters. The van der Waals surface area contributed by atoms with Crippen LogP contribution in [0.5, 0.6) is 0 Å². The predicted molar refractivity (Wildman–Crippen MR) is 71.7 cm³/mol. The van der Waals surface area contributed by atoms with Gasteiger partial charge in [-0.25, -0.2) is 0 Å². The van der Waals surface area contributed by atoms with Crippen LogP contribution < -0.4 is 5.32 Å². The maximum Gasteiger partial charge on any atom is 0.246 e. The van der Waals surface area contributed by atoms with E-state index >= 15 is 0 Å². The number of rotatable bonds is 4. The van der Waals surface area contributed by atoms with E-state index in [9.17, 15) is 4.79 Å². The first-order chi connectivity index (χ1) is 9.77. The number of carbonyl (C=O) groups excluding carboxylic acids is 1. The third-order valence-electron chi connectivity index (χ3n) is 5.27. The van der Waals surface area contributed by atoms with Crippen LogP contribution in [0.3, 0.4) is 0 Å². The second-order valence-electron chi connectivity index (χ2n) is 6.72. The molecule has 3 aliphatic rings. The lowest BCUT2D eigenvalue weighted by Crippen LogP contribution is -2.25. The Morgan fingerprint density at radius 3 is 2.80 bits per heavy atom. The van der Waals surface area contributed by atoms with E-state index < -0.39 is 0 Å². The first-order valence-corrected chi connectivity index (χ1v) is 7.87. The van der Waals surface area contributed by atoms with Crippen LogP contribution in [0.15, 0.2) is 4.52 Å². The van der Waals surface area contributed by atoms with Gasteiger partial charge in [-0.2, -0.15) is 4.98 Å². The summed E-state index contributed by atoms with van der Waals surface area (Å²) >= 11 is 0. The molecule has 1 spiro atoms. The normalized spacial score (nSPS) is 27.5. The Bertz CT molecular complexity index is 515. The van der Waals surface area contributed by atoms with Gasteiger partial charge in [0.1, 0.15) is 0 Å². The van der Waals surface area contributed by atoms with E-state index in [0.29, 0.717) is 23.8 Å². The molecular weight excluding hydrogens is 254 g/mol. The van der Waals surface area contributed by atoms with Crippen molar-refractivity contribution in [1.82, 2.24) is 15.5 Å². The van der Waals surface area contributed by atoms with Crippen molar-refractivity contribution in [2.45, 2.75) is 63.8 Å². The van der Waals surface area contributed by atoms with E-state index in [2.05, 4.69) is 15.5 Å². The van der Waals surface area contributed by atoms with E-state index in [-0.39, 0.29) is 11.8 Å². The maximum absolute atomic E-state index is 11.9. The fourth-order valence-corrected chi connectivity index (χ4v) is 3.58. The molecule has 3 saturated carbocycles. The lowest BCUT2D eigenvalue weighted by Gasteiger charge is -2.17. The summed E-state index contributed by atoms with van der Waals surface area (Å²) in [5.74, 6) is 2.25. The summed E-state index contributed by atoms with van der Waals surface area (Å²) in [4.78, 5) is 16.4. The van der Waals surface area contributed by atoms with Crippen molar-refractivity contribution >= 4 is 5.91 Å². The molecule has 1 N–H and O–H groups in total. The Morgan fingerprint density at radius 1 is 1.30 bits per heavy atom. The van der Waals surface area contributed by atoms with E-state index in [4.69, 9.17) is 4.52 Å². The number of hydrogen-bond donors (Lipinski definition) is 1. The summed E-state index contributed by atoms with van der Waals surface area (Å²) in [6, 6.07) is 0. The van der Waals surface area contributed by atoms with Crippen LogP contribution in [0, 0.1) is 11.3 Å². The zero-order valence-electron chi connectivity index (χ0n) is 11.7. The van der Waals surface area contributed by atoms with Crippen molar-refractivity contribution in [3.63, 3.8) is 0 Å². The number of aromatic nitrogens is 2. The summed E-state index contributed by atoms with van der Waals surface area (Å²) in [5, 5.41) is 7.02. The Kier molecular flexibility index (Phi) is 2.82. The van der Waals surface area contributed by atoms with E-state index in [1.54, 1.807) is 0 Å². The second-order valence-corrected chi connectivity index (χ2v) is 6.72. The van der Waals surface area contributed by atoms with Gasteiger partial charge in [0.05, 0.1) is 6.54 Å². The summed E-state index contributed by atoms with van der Waals surface area (Å²) in [6.07, 6.45) is 9.71. The van der Waals surface area contributed by atoms with E-state index in [1.807, 2.05) is 0 Å². The van der Waals surface area contributed by atoms with Gasteiger partial charge in [0.2, 0.25) is 11.8 Å². The smallest absolute Gasteiger partial charge is 0.246 e. The zero-order chi connectivity index (χ0) is 13.6. The molecule has 1 aromatic heterocycles. The Morgan fingerprint density at radius 2 is 2.10 bits per heavy atom. The lowest BCUT2D eigenvalue weighted by molar-refractivity contribution is -0.123. The molecule has 5 heteroatoms.